The molecule has 0 radical (unpaired) electrons. The minimum absolute atomic E-state index is 0.0834. The van der Waals surface area contributed by atoms with Crippen molar-refractivity contribution >= 4 is 15.7 Å². The zero-order chi connectivity index (χ0) is 19.5. The van der Waals surface area contributed by atoms with E-state index >= 15 is 0 Å². The lowest BCUT2D eigenvalue weighted by Crippen LogP contribution is -2.41. The second-order valence-corrected chi connectivity index (χ2v) is 8.98. The van der Waals surface area contributed by atoms with Gasteiger partial charge in [0.05, 0.1) is 16.1 Å². The van der Waals surface area contributed by atoms with E-state index in [2.05, 4.69) is 0 Å². The Labute approximate surface area is 157 Å². The summed E-state index contributed by atoms with van der Waals surface area (Å²) in [5.74, 6) is 0.0926. The Bertz CT molecular complexity index is 888. The van der Waals surface area contributed by atoms with Crippen molar-refractivity contribution in [3.63, 3.8) is 0 Å². The minimum atomic E-state index is -3.84. The highest BCUT2D eigenvalue weighted by molar-refractivity contribution is 7.92. The fourth-order valence-corrected chi connectivity index (χ4v) is 5.60. The Morgan fingerprint density at radius 3 is 2.07 bits per heavy atom. The number of hydrogen-bond acceptors (Lipinski definition) is 6. The molecule has 0 unspecified atom stereocenters. The van der Waals surface area contributed by atoms with E-state index < -0.39 is 32.1 Å². The lowest BCUT2D eigenvalue weighted by atomic mass is 10.0. The van der Waals surface area contributed by atoms with Crippen LogP contribution in [0.4, 0.5) is 0 Å². The molecule has 0 aliphatic heterocycles. The highest BCUT2D eigenvalue weighted by atomic mass is 32.2. The fourth-order valence-electron chi connectivity index (χ4n) is 3.47. The van der Waals surface area contributed by atoms with Gasteiger partial charge in [-0.2, -0.15) is 0 Å². The Hall–Kier alpha value is -2.42. The second-order valence-electron chi connectivity index (χ2n) is 6.64. The van der Waals surface area contributed by atoms with Crippen molar-refractivity contribution in [2.45, 2.75) is 41.7 Å². The van der Waals surface area contributed by atoms with Crippen LogP contribution in [0.5, 0.6) is 11.5 Å². The number of hydrogen-bond donors (Lipinski definition) is 2. The first-order valence-corrected chi connectivity index (χ1v) is 10.1. The van der Waals surface area contributed by atoms with Gasteiger partial charge in [-0.15, -0.1) is 0 Å². The molecule has 1 amide bonds. The number of benzene rings is 2. The quantitative estimate of drug-likeness (QED) is 0.576. The molecule has 0 atom stereocenters. The average Bonchev–Trinajstić information content (AvgIpc) is 3.13. The standard InChI is InChI=1S/C19H21NO6S/c21-18(20(22)23)14-19(12-4-5-13-19)27(24,25)17-10-8-16(9-11-17)26-15-6-2-1-3-7-15/h1-3,6-11,22-23H,4-5,12-14H2. The van der Waals surface area contributed by atoms with Gasteiger partial charge >= 0.3 is 0 Å². The summed E-state index contributed by atoms with van der Waals surface area (Å²) in [6.07, 6.45) is 1.47. The molecule has 0 spiro atoms. The van der Waals surface area contributed by atoms with Crippen LogP contribution in [0.15, 0.2) is 59.5 Å². The van der Waals surface area contributed by atoms with Crippen LogP contribution < -0.4 is 4.74 Å². The number of carbonyl (C=O) groups is 1. The van der Waals surface area contributed by atoms with Crippen molar-refractivity contribution in [1.82, 2.24) is 5.23 Å². The smallest absolute Gasteiger partial charge is 0.274 e. The van der Waals surface area contributed by atoms with Gasteiger partial charge in [0.25, 0.3) is 5.91 Å². The molecule has 8 heteroatoms. The minimum Gasteiger partial charge on any atom is -0.457 e. The van der Waals surface area contributed by atoms with Crippen molar-refractivity contribution in [2.24, 2.45) is 0 Å². The number of hydroxylamine groups is 2. The van der Waals surface area contributed by atoms with Gasteiger partial charge in [0.1, 0.15) is 11.5 Å². The SMILES string of the molecule is O=C(CC1(S(=O)(=O)c2ccc(Oc3ccccc3)cc2)CCCC1)N(O)O. The monoisotopic (exact) mass is 391 g/mol. The summed E-state index contributed by atoms with van der Waals surface area (Å²) >= 11 is 0. The number of sulfone groups is 1. The molecule has 1 saturated carbocycles. The number of para-hydroxylation sites is 1. The van der Waals surface area contributed by atoms with Gasteiger partial charge < -0.3 is 4.74 Å². The molecule has 0 aromatic heterocycles. The van der Waals surface area contributed by atoms with Gasteiger partial charge in [-0.05, 0) is 49.2 Å². The first-order chi connectivity index (χ1) is 12.8. The highest BCUT2D eigenvalue weighted by Crippen LogP contribution is 2.43. The van der Waals surface area contributed by atoms with Crippen molar-refractivity contribution in [3.05, 3.63) is 54.6 Å². The van der Waals surface area contributed by atoms with E-state index in [1.807, 2.05) is 18.2 Å². The largest absolute Gasteiger partial charge is 0.457 e. The summed E-state index contributed by atoms with van der Waals surface area (Å²) in [5.41, 5.74) is 0. The van der Waals surface area contributed by atoms with E-state index in [1.165, 1.54) is 12.1 Å². The number of rotatable bonds is 6. The van der Waals surface area contributed by atoms with Gasteiger partial charge in [0.15, 0.2) is 9.84 Å². The van der Waals surface area contributed by atoms with E-state index in [9.17, 15) is 13.2 Å². The number of ether oxygens (including phenoxy) is 1. The van der Waals surface area contributed by atoms with Crippen LogP contribution in [-0.4, -0.2) is 34.7 Å². The van der Waals surface area contributed by atoms with E-state index in [-0.39, 0.29) is 4.90 Å². The molecule has 1 aliphatic rings. The predicted octanol–water partition coefficient (Wildman–Crippen LogP) is 3.56. The van der Waals surface area contributed by atoms with Crippen LogP contribution in [0.1, 0.15) is 32.1 Å². The molecule has 1 fully saturated rings. The maximum Gasteiger partial charge on any atom is 0.274 e. The van der Waals surface area contributed by atoms with Gasteiger partial charge in [0, 0.05) is 0 Å². The summed E-state index contributed by atoms with van der Waals surface area (Å²) in [7, 11) is -3.84. The van der Waals surface area contributed by atoms with Crippen molar-refractivity contribution in [1.29, 1.82) is 0 Å². The molecule has 0 bridgehead atoms. The number of carbonyl (C=O) groups excluding carboxylic acids is 1. The summed E-state index contributed by atoms with van der Waals surface area (Å²) in [6, 6.07) is 15.1. The normalized spacial score (nSPS) is 16.1. The molecule has 2 aromatic rings. The maximum absolute atomic E-state index is 13.2. The van der Waals surface area contributed by atoms with E-state index in [0.29, 0.717) is 37.2 Å². The second kappa shape index (κ2) is 7.67. The first-order valence-electron chi connectivity index (χ1n) is 8.62. The average molecular weight is 391 g/mol. The molecule has 2 N–H and O–H groups in total. The molecule has 0 heterocycles. The van der Waals surface area contributed by atoms with E-state index in [4.69, 9.17) is 15.2 Å². The molecule has 27 heavy (non-hydrogen) atoms. The molecule has 7 nitrogen and oxygen atoms in total. The molecule has 3 rings (SSSR count). The fraction of sp³-hybridized carbons (Fsp3) is 0.316. The van der Waals surface area contributed by atoms with Crippen molar-refractivity contribution in [3.8, 4) is 11.5 Å². The van der Waals surface area contributed by atoms with Gasteiger partial charge in [-0.25, -0.2) is 8.42 Å². The molecule has 1 aliphatic carbocycles. The lowest BCUT2D eigenvalue weighted by molar-refractivity contribution is -0.285. The Morgan fingerprint density at radius 2 is 1.52 bits per heavy atom. The van der Waals surface area contributed by atoms with E-state index in [1.54, 1.807) is 24.3 Å². The van der Waals surface area contributed by atoms with Crippen LogP contribution >= 0.6 is 0 Å². The van der Waals surface area contributed by atoms with Crippen LogP contribution in [0.25, 0.3) is 0 Å². The van der Waals surface area contributed by atoms with E-state index in [0.717, 1.165) is 0 Å². The predicted molar refractivity (Wildman–Crippen MR) is 96.4 cm³/mol. The van der Waals surface area contributed by atoms with Crippen LogP contribution in [0, 0.1) is 0 Å². The summed E-state index contributed by atoms with van der Waals surface area (Å²) in [5, 5.41) is 17.3. The summed E-state index contributed by atoms with van der Waals surface area (Å²) in [4.78, 5) is 11.9. The van der Waals surface area contributed by atoms with Crippen LogP contribution in [-0.2, 0) is 14.6 Å². The third kappa shape index (κ3) is 3.97. The third-order valence-electron chi connectivity index (χ3n) is 4.89. The number of amides is 1. The molecule has 144 valence electrons. The molecular weight excluding hydrogens is 370 g/mol. The number of nitrogens with zero attached hydrogens (tertiary/aromatic N) is 1. The summed E-state index contributed by atoms with van der Waals surface area (Å²) < 4.78 is 30.8. The van der Waals surface area contributed by atoms with Gasteiger partial charge in [-0.3, -0.25) is 15.2 Å². The lowest BCUT2D eigenvalue weighted by Gasteiger charge is -2.28. The Kier molecular flexibility index (Phi) is 5.50. The third-order valence-corrected chi connectivity index (χ3v) is 7.48. The highest BCUT2D eigenvalue weighted by Gasteiger charge is 2.48. The van der Waals surface area contributed by atoms with Crippen molar-refractivity contribution < 1.29 is 28.4 Å². The van der Waals surface area contributed by atoms with Gasteiger partial charge in [0.2, 0.25) is 0 Å². The maximum atomic E-state index is 13.2. The zero-order valence-corrected chi connectivity index (χ0v) is 15.4. The van der Waals surface area contributed by atoms with Crippen molar-refractivity contribution in [2.75, 3.05) is 0 Å². The zero-order valence-electron chi connectivity index (χ0n) is 14.6. The summed E-state index contributed by atoms with van der Waals surface area (Å²) in [6.45, 7) is 0. The molecular formula is C19H21NO6S. The molecule has 0 saturated heterocycles. The van der Waals surface area contributed by atoms with Gasteiger partial charge in [-0.1, -0.05) is 36.3 Å². The van der Waals surface area contributed by atoms with Crippen LogP contribution in [0.3, 0.4) is 0 Å². The Balaban J connectivity index is 1.85. The van der Waals surface area contributed by atoms with Crippen LogP contribution in [0.2, 0.25) is 0 Å². The Morgan fingerprint density at radius 1 is 0.963 bits per heavy atom. The molecule has 2 aromatic carbocycles. The first kappa shape index (κ1) is 19.3. The topological polar surface area (TPSA) is 104 Å².